The molecular weight excluding hydrogens is 430 g/mol. The summed E-state index contributed by atoms with van der Waals surface area (Å²) in [4.78, 5) is 18.2. The Bertz CT molecular complexity index is 1270. The van der Waals surface area contributed by atoms with E-state index in [1.165, 1.54) is 12.0 Å². The Morgan fingerprint density at radius 2 is 2.25 bits per heavy atom. The molecule has 3 N–H and O–H groups in total. The van der Waals surface area contributed by atoms with Crippen molar-refractivity contribution in [2.75, 3.05) is 19.0 Å². The number of hydrogen-bond acceptors (Lipinski definition) is 7. The molecule has 1 fully saturated rings. The van der Waals surface area contributed by atoms with Crippen LogP contribution in [0.4, 0.5) is 10.5 Å². The Balaban J connectivity index is 1.43. The fraction of sp³-hybridized carbons (Fsp3) is 0.333. The van der Waals surface area contributed by atoms with Gasteiger partial charge in [0.05, 0.1) is 36.6 Å². The van der Waals surface area contributed by atoms with E-state index in [-0.39, 0.29) is 6.03 Å². The van der Waals surface area contributed by atoms with Gasteiger partial charge in [0.25, 0.3) is 0 Å². The summed E-state index contributed by atoms with van der Waals surface area (Å²) >= 11 is 1.67. The number of carbonyl (C=O) groups is 1. The molecule has 0 saturated heterocycles. The van der Waals surface area contributed by atoms with E-state index in [0.29, 0.717) is 35.3 Å². The minimum absolute atomic E-state index is 0.308. The SMILES string of the molecule is CCNC(=O)Nc1ccc(-n2cc(C(O)c3c(C4CC4)sc4cncn34)nn2)cc1OC. The quantitative estimate of drug-likeness (QED) is 0.396. The molecule has 5 rings (SSSR count). The number of ether oxygens (including phenoxy) is 1. The second kappa shape index (κ2) is 8.24. The second-order valence-electron chi connectivity index (χ2n) is 7.59. The lowest BCUT2D eigenvalue weighted by atomic mass is 10.1. The number of anilines is 1. The third kappa shape index (κ3) is 3.69. The molecule has 0 bridgehead atoms. The third-order valence-corrected chi connectivity index (χ3v) is 6.64. The fourth-order valence-electron chi connectivity index (χ4n) is 3.65. The summed E-state index contributed by atoms with van der Waals surface area (Å²) in [7, 11) is 1.53. The van der Waals surface area contributed by atoms with Crippen LogP contribution in [0.25, 0.3) is 10.5 Å². The summed E-state index contributed by atoms with van der Waals surface area (Å²) in [5.74, 6) is 0.981. The molecule has 2 amide bonds. The summed E-state index contributed by atoms with van der Waals surface area (Å²) in [6, 6.07) is 4.97. The molecule has 0 aliphatic heterocycles. The van der Waals surface area contributed by atoms with Crippen LogP contribution in [0.1, 0.15) is 48.1 Å². The van der Waals surface area contributed by atoms with Crippen LogP contribution in [0, 0.1) is 0 Å². The molecule has 1 unspecified atom stereocenters. The largest absolute Gasteiger partial charge is 0.494 e. The average molecular weight is 454 g/mol. The number of methoxy groups -OCH3 is 1. The number of benzene rings is 1. The first kappa shape index (κ1) is 20.5. The number of rotatable bonds is 7. The van der Waals surface area contributed by atoms with E-state index >= 15 is 0 Å². The minimum Gasteiger partial charge on any atom is -0.494 e. The van der Waals surface area contributed by atoms with Gasteiger partial charge in [-0.15, -0.1) is 16.4 Å². The molecule has 4 aromatic rings. The van der Waals surface area contributed by atoms with Gasteiger partial charge in [0.2, 0.25) is 0 Å². The number of urea groups is 1. The van der Waals surface area contributed by atoms with Gasteiger partial charge in [0.15, 0.2) is 0 Å². The number of aliphatic hydroxyl groups excluding tert-OH is 1. The highest BCUT2D eigenvalue weighted by Gasteiger charge is 2.33. The molecule has 10 nitrogen and oxygen atoms in total. The lowest BCUT2D eigenvalue weighted by Gasteiger charge is -2.12. The molecule has 3 aromatic heterocycles. The van der Waals surface area contributed by atoms with Crippen LogP contribution < -0.4 is 15.4 Å². The molecule has 1 atom stereocenters. The number of imidazole rings is 1. The van der Waals surface area contributed by atoms with Crippen molar-refractivity contribution in [2.24, 2.45) is 0 Å². The molecule has 1 aliphatic carbocycles. The number of amides is 2. The third-order valence-electron chi connectivity index (χ3n) is 5.36. The minimum atomic E-state index is -0.914. The van der Waals surface area contributed by atoms with E-state index in [2.05, 4.69) is 25.9 Å². The summed E-state index contributed by atoms with van der Waals surface area (Å²) < 4.78 is 8.94. The summed E-state index contributed by atoms with van der Waals surface area (Å²) in [5.41, 5.74) is 2.49. The van der Waals surface area contributed by atoms with E-state index in [0.717, 1.165) is 23.4 Å². The molecule has 11 heteroatoms. The monoisotopic (exact) mass is 453 g/mol. The predicted octanol–water partition coefficient (Wildman–Crippen LogP) is 3.09. The molecule has 1 saturated carbocycles. The van der Waals surface area contributed by atoms with Crippen LogP contribution in [0.3, 0.4) is 0 Å². The van der Waals surface area contributed by atoms with E-state index in [4.69, 9.17) is 4.74 Å². The van der Waals surface area contributed by atoms with Crippen molar-refractivity contribution in [3.63, 3.8) is 0 Å². The lowest BCUT2D eigenvalue weighted by molar-refractivity contribution is 0.208. The molecule has 166 valence electrons. The molecule has 0 spiro atoms. The van der Waals surface area contributed by atoms with Crippen molar-refractivity contribution in [2.45, 2.75) is 31.8 Å². The zero-order valence-corrected chi connectivity index (χ0v) is 18.5. The van der Waals surface area contributed by atoms with Crippen molar-refractivity contribution < 1.29 is 14.6 Å². The molecular formula is C21H23N7O3S. The van der Waals surface area contributed by atoms with Gasteiger partial charge in [-0.05, 0) is 37.8 Å². The van der Waals surface area contributed by atoms with Gasteiger partial charge in [-0.1, -0.05) is 5.21 Å². The number of hydrogen-bond donors (Lipinski definition) is 3. The first-order valence-electron chi connectivity index (χ1n) is 10.4. The van der Waals surface area contributed by atoms with Gasteiger partial charge in [-0.25, -0.2) is 14.5 Å². The fourth-order valence-corrected chi connectivity index (χ4v) is 4.95. The smallest absolute Gasteiger partial charge is 0.319 e. The maximum Gasteiger partial charge on any atom is 0.319 e. The van der Waals surface area contributed by atoms with Gasteiger partial charge in [0.1, 0.15) is 28.7 Å². The number of aliphatic hydroxyl groups is 1. The van der Waals surface area contributed by atoms with Crippen molar-refractivity contribution in [1.29, 1.82) is 0 Å². The van der Waals surface area contributed by atoms with Gasteiger partial charge < -0.3 is 20.5 Å². The number of nitrogens with zero attached hydrogens (tertiary/aromatic N) is 5. The molecule has 0 radical (unpaired) electrons. The van der Waals surface area contributed by atoms with Crippen molar-refractivity contribution in [1.82, 2.24) is 29.7 Å². The molecule has 1 aromatic carbocycles. The number of thiazole rings is 1. The zero-order chi connectivity index (χ0) is 22.2. The normalized spacial score (nSPS) is 14.5. The molecule has 3 heterocycles. The van der Waals surface area contributed by atoms with E-state index in [9.17, 15) is 9.90 Å². The average Bonchev–Trinajstić information content (AvgIpc) is 3.19. The van der Waals surface area contributed by atoms with Gasteiger partial charge in [0, 0.05) is 17.5 Å². The highest BCUT2D eigenvalue weighted by molar-refractivity contribution is 7.17. The molecule has 32 heavy (non-hydrogen) atoms. The van der Waals surface area contributed by atoms with Crippen LogP contribution in [0.15, 0.2) is 36.9 Å². The number of carbonyl (C=O) groups excluding carboxylic acids is 1. The van der Waals surface area contributed by atoms with Crippen LogP contribution in [0.5, 0.6) is 5.75 Å². The standard InChI is InChI=1S/C21H23N7O3S/c1-3-23-21(30)24-14-7-6-13(8-16(14)31-2)28-10-15(25-26-28)19(29)18-20(12-4-5-12)32-17-9-22-11-27(17)18/h6-12,19,29H,3-5H2,1-2H3,(H2,23,24,30). The zero-order valence-electron chi connectivity index (χ0n) is 17.6. The number of fused-ring (bicyclic) bond motifs is 1. The van der Waals surface area contributed by atoms with E-state index in [1.54, 1.807) is 46.7 Å². The first-order valence-corrected chi connectivity index (χ1v) is 11.2. The van der Waals surface area contributed by atoms with Crippen LogP contribution >= 0.6 is 11.3 Å². The first-order chi connectivity index (χ1) is 15.6. The maximum atomic E-state index is 11.8. The Kier molecular flexibility index (Phi) is 5.27. The topological polar surface area (TPSA) is 119 Å². The van der Waals surface area contributed by atoms with E-state index < -0.39 is 6.10 Å². The summed E-state index contributed by atoms with van der Waals surface area (Å²) in [6.07, 6.45) is 6.61. The van der Waals surface area contributed by atoms with Crippen molar-refractivity contribution >= 4 is 27.9 Å². The Morgan fingerprint density at radius 3 is 3.00 bits per heavy atom. The van der Waals surface area contributed by atoms with Gasteiger partial charge in [-0.3, -0.25) is 4.40 Å². The Morgan fingerprint density at radius 1 is 1.41 bits per heavy atom. The summed E-state index contributed by atoms with van der Waals surface area (Å²) in [6.45, 7) is 2.37. The molecule has 1 aliphatic rings. The van der Waals surface area contributed by atoms with E-state index in [1.807, 2.05) is 17.5 Å². The van der Waals surface area contributed by atoms with Crippen molar-refractivity contribution in [3.8, 4) is 11.4 Å². The Labute approximate surface area is 187 Å². The summed E-state index contributed by atoms with van der Waals surface area (Å²) in [5, 5.41) is 25.0. The van der Waals surface area contributed by atoms with Crippen LogP contribution in [0.2, 0.25) is 0 Å². The number of nitrogens with one attached hydrogen (secondary N) is 2. The van der Waals surface area contributed by atoms with Gasteiger partial charge >= 0.3 is 6.03 Å². The maximum absolute atomic E-state index is 11.8. The number of aromatic nitrogens is 5. The van der Waals surface area contributed by atoms with Gasteiger partial charge in [-0.2, -0.15) is 0 Å². The highest BCUT2D eigenvalue weighted by atomic mass is 32.1. The van der Waals surface area contributed by atoms with Crippen LogP contribution in [-0.4, -0.2) is 49.2 Å². The Hall–Kier alpha value is -3.44. The highest BCUT2D eigenvalue weighted by Crippen LogP contribution is 2.47. The van der Waals surface area contributed by atoms with Crippen molar-refractivity contribution in [3.05, 3.63) is 53.2 Å². The van der Waals surface area contributed by atoms with Crippen LogP contribution in [-0.2, 0) is 0 Å². The lowest BCUT2D eigenvalue weighted by Crippen LogP contribution is -2.28. The second-order valence-corrected chi connectivity index (χ2v) is 8.65. The predicted molar refractivity (Wildman–Crippen MR) is 120 cm³/mol.